The smallest absolute Gasteiger partial charge is 0.254 e. The molecule has 1 amide bonds. The van der Waals surface area contributed by atoms with Gasteiger partial charge in [0.15, 0.2) is 0 Å². The van der Waals surface area contributed by atoms with Crippen LogP contribution in [0.15, 0.2) is 0 Å². The molecule has 0 spiro atoms. The van der Waals surface area contributed by atoms with Crippen molar-refractivity contribution < 1.29 is 9.53 Å². The van der Waals surface area contributed by atoms with Gasteiger partial charge in [0.25, 0.3) is 5.91 Å². The summed E-state index contributed by atoms with van der Waals surface area (Å²) in [5.41, 5.74) is 2.27. The van der Waals surface area contributed by atoms with Gasteiger partial charge in [0.1, 0.15) is 11.9 Å². The maximum atomic E-state index is 12.0. The van der Waals surface area contributed by atoms with Gasteiger partial charge in [-0.3, -0.25) is 9.48 Å². The largest absolute Gasteiger partial charge is 0.368 e. The summed E-state index contributed by atoms with van der Waals surface area (Å²) in [6.07, 6.45) is 1.51. The van der Waals surface area contributed by atoms with Crippen LogP contribution in [-0.4, -0.2) is 28.4 Å². The van der Waals surface area contributed by atoms with Gasteiger partial charge >= 0.3 is 0 Å². The highest BCUT2D eigenvalue weighted by molar-refractivity contribution is 7.98. The van der Waals surface area contributed by atoms with E-state index in [1.165, 1.54) is 5.56 Å². The van der Waals surface area contributed by atoms with Crippen molar-refractivity contribution in [2.24, 2.45) is 7.05 Å². The Morgan fingerprint density at radius 2 is 2.47 bits per heavy atom. The number of carbonyl (C=O) groups excluding carboxylic acids is 1. The number of hydrogen-bond donors (Lipinski definition) is 1. The Labute approximate surface area is 104 Å². The van der Waals surface area contributed by atoms with Crippen LogP contribution in [0.1, 0.15) is 24.1 Å². The highest BCUT2D eigenvalue weighted by Gasteiger charge is 2.27. The maximum Gasteiger partial charge on any atom is 0.254 e. The topological polar surface area (TPSA) is 56.2 Å². The van der Waals surface area contributed by atoms with Crippen LogP contribution in [0, 0.1) is 0 Å². The number of anilines is 1. The quantitative estimate of drug-likeness (QED) is 0.862. The fourth-order valence-corrected chi connectivity index (χ4v) is 3.31. The molecule has 17 heavy (non-hydrogen) atoms. The van der Waals surface area contributed by atoms with Gasteiger partial charge in [-0.05, 0) is 12.8 Å². The molecule has 1 atom stereocenters. The van der Waals surface area contributed by atoms with Gasteiger partial charge in [-0.25, -0.2) is 0 Å². The minimum Gasteiger partial charge on any atom is -0.368 e. The first-order chi connectivity index (χ1) is 8.25. The zero-order valence-electron chi connectivity index (χ0n) is 9.73. The molecule has 5 nitrogen and oxygen atoms in total. The zero-order valence-corrected chi connectivity index (χ0v) is 10.5. The number of hydrogen-bond acceptors (Lipinski definition) is 4. The van der Waals surface area contributed by atoms with Crippen molar-refractivity contribution in [2.75, 3.05) is 11.9 Å². The van der Waals surface area contributed by atoms with E-state index >= 15 is 0 Å². The first-order valence-electron chi connectivity index (χ1n) is 5.80. The van der Waals surface area contributed by atoms with Crippen molar-refractivity contribution in [2.45, 2.75) is 30.5 Å². The minimum atomic E-state index is -0.283. The highest BCUT2D eigenvalue weighted by atomic mass is 32.2. The summed E-state index contributed by atoms with van der Waals surface area (Å²) in [6, 6.07) is 0. The Morgan fingerprint density at radius 1 is 1.59 bits per heavy atom. The molecule has 0 bridgehead atoms. The third-order valence-corrected chi connectivity index (χ3v) is 4.15. The first-order valence-corrected chi connectivity index (χ1v) is 6.96. The molecule has 1 saturated heterocycles. The average molecular weight is 253 g/mol. The fourth-order valence-electron chi connectivity index (χ4n) is 2.28. The van der Waals surface area contributed by atoms with Crippen LogP contribution in [0.4, 0.5) is 5.82 Å². The predicted molar refractivity (Wildman–Crippen MR) is 65.8 cm³/mol. The van der Waals surface area contributed by atoms with Gasteiger partial charge in [0.2, 0.25) is 0 Å². The van der Waals surface area contributed by atoms with Crippen molar-refractivity contribution in [1.29, 1.82) is 0 Å². The second-order valence-corrected chi connectivity index (χ2v) is 5.37. The predicted octanol–water partition coefficient (Wildman–Crippen LogP) is 1.28. The number of fused-ring (bicyclic) bond motifs is 1. The normalized spacial score (nSPS) is 22.8. The molecule has 3 rings (SSSR count). The highest BCUT2D eigenvalue weighted by Crippen LogP contribution is 2.34. The fraction of sp³-hybridized carbons (Fsp3) is 0.636. The number of thioether (sulfide) groups is 1. The van der Waals surface area contributed by atoms with Crippen LogP contribution in [0.3, 0.4) is 0 Å². The lowest BCUT2D eigenvalue weighted by Crippen LogP contribution is -2.28. The van der Waals surface area contributed by atoms with E-state index in [0.717, 1.165) is 35.9 Å². The second-order valence-electron chi connectivity index (χ2n) is 4.38. The van der Waals surface area contributed by atoms with E-state index < -0.39 is 0 Å². The molecular weight excluding hydrogens is 238 g/mol. The Balaban J connectivity index is 1.78. The number of aryl methyl sites for hydroxylation is 1. The van der Waals surface area contributed by atoms with E-state index in [9.17, 15) is 4.79 Å². The van der Waals surface area contributed by atoms with Crippen molar-refractivity contribution >= 4 is 23.5 Å². The third-order valence-electron chi connectivity index (χ3n) is 3.18. The van der Waals surface area contributed by atoms with Crippen molar-refractivity contribution in [3.8, 4) is 0 Å². The van der Waals surface area contributed by atoms with E-state index in [4.69, 9.17) is 4.74 Å². The Kier molecular flexibility index (Phi) is 2.84. The number of carbonyl (C=O) groups is 1. The monoisotopic (exact) mass is 253 g/mol. The molecule has 92 valence electrons. The number of ether oxygens (including phenoxy) is 1. The minimum absolute atomic E-state index is 0.0369. The second kappa shape index (κ2) is 4.34. The summed E-state index contributed by atoms with van der Waals surface area (Å²) in [6.45, 7) is 0.692. The van der Waals surface area contributed by atoms with E-state index in [1.54, 1.807) is 4.68 Å². The van der Waals surface area contributed by atoms with Crippen molar-refractivity contribution in [3.63, 3.8) is 0 Å². The van der Waals surface area contributed by atoms with Crippen LogP contribution in [0.2, 0.25) is 0 Å². The lowest BCUT2D eigenvalue weighted by atomic mass is 10.2. The molecule has 1 fully saturated rings. The molecule has 2 aliphatic heterocycles. The van der Waals surface area contributed by atoms with Gasteiger partial charge in [-0.1, -0.05) is 0 Å². The molecule has 1 N–H and O–H groups in total. The molecular formula is C11H15N3O2S. The van der Waals surface area contributed by atoms with Crippen molar-refractivity contribution in [1.82, 2.24) is 9.78 Å². The van der Waals surface area contributed by atoms with Gasteiger partial charge in [0, 0.05) is 30.7 Å². The Bertz CT molecular complexity index is 452. The molecule has 2 aliphatic rings. The van der Waals surface area contributed by atoms with Crippen LogP contribution < -0.4 is 5.32 Å². The van der Waals surface area contributed by atoms with E-state index in [1.807, 2.05) is 18.8 Å². The molecule has 0 aliphatic carbocycles. The number of rotatable bonds is 2. The first kappa shape index (κ1) is 11.1. The van der Waals surface area contributed by atoms with E-state index in [-0.39, 0.29) is 12.0 Å². The lowest BCUT2D eigenvalue weighted by molar-refractivity contribution is -0.124. The zero-order chi connectivity index (χ0) is 11.8. The Morgan fingerprint density at radius 3 is 3.24 bits per heavy atom. The number of nitrogens with one attached hydrogen (secondary N) is 1. The summed E-state index contributed by atoms with van der Waals surface area (Å²) in [7, 11) is 1.87. The molecule has 0 radical (unpaired) electrons. The molecule has 3 heterocycles. The van der Waals surface area contributed by atoms with Crippen LogP contribution in [-0.2, 0) is 28.1 Å². The van der Waals surface area contributed by atoms with Crippen LogP contribution >= 0.6 is 11.8 Å². The van der Waals surface area contributed by atoms with Gasteiger partial charge in [0.05, 0.1) is 5.69 Å². The van der Waals surface area contributed by atoms with E-state index in [0.29, 0.717) is 6.61 Å². The number of aromatic nitrogens is 2. The molecule has 6 heteroatoms. The summed E-state index contributed by atoms with van der Waals surface area (Å²) in [5, 5.41) is 7.37. The van der Waals surface area contributed by atoms with Gasteiger partial charge in [-0.15, -0.1) is 0 Å². The standard InChI is InChI=1S/C11H15N3O2S/c1-14-10(7-5-17-6-8(7)13-14)12-11(15)9-3-2-4-16-9/h9H,2-6H2,1H3,(H,12,15). The van der Waals surface area contributed by atoms with Crippen molar-refractivity contribution in [3.05, 3.63) is 11.3 Å². The molecule has 1 aromatic heterocycles. The van der Waals surface area contributed by atoms with Crippen LogP contribution in [0.5, 0.6) is 0 Å². The summed E-state index contributed by atoms with van der Waals surface area (Å²) < 4.78 is 7.14. The van der Waals surface area contributed by atoms with E-state index in [2.05, 4.69) is 10.4 Å². The molecule has 1 unspecified atom stereocenters. The van der Waals surface area contributed by atoms with Gasteiger partial charge < -0.3 is 10.1 Å². The third kappa shape index (κ3) is 1.95. The number of nitrogens with zero attached hydrogens (tertiary/aromatic N) is 2. The lowest BCUT2D eigenvalue weighted by Gasteiger charge is -2.11. The number of amides is 1. The molecule has 0 aromatic carbocycles. The molecule has 1 aromatic rings. The van der Waals surface area contributed by atoms with Crippen LogP contribution in [0.25, 0.3) is 0 Å². The summed E-state index contributed by atoms with van der Waals surface area (Å²) >= 11 is 1.83. The summed E-state index contributed by atoms with van der Waals surface area (Å²) in [4.78, 5) is 12.0. The average Bonchev–Trinajstić information content (AvgIpc) is 2.98. The maximum absolute atomic E-state index is 12.0. The summed E-state index contributed by atoms with van der Waals surface area (Å²) in [5.74, 6) is 2.68. The Hall–Kier alpha value is -1.01. The molecule has 0 saturated carbocycles. The van der Waals surface area contributed by atoms with Gasteiger partial charge in [-0.2, -0.15) is 16.9 Å². The SMILES string of the molecule is Cn1nc2c(c1NC(=O)C1CCCO1)CSC2.